The van der Waals surface area contributed by atoms with Crippen molar-refractivity contribution in [3.05, 3.63) is 24.0 Å². The Bertz CT molecular complexity index is 551. The molecule has 0 spiro atoms. The maximum Gasteiger partial charge on any atom is 0.121 e. The molecule has 0 saturated carbocycles. The van der Waals surface area contributed by atoms with E-state index in [1.807, 2.05) is 12.1 Å². The van der Waals surface area contributed by atoms with E-state index in [4.69, 9.17) is 9.72 Å². The number of aromatic nitrogens is 2. The topological polar surface area (TPSA) is 30.3 Å². The van der Waals surface area contributed by atoms with Crippen LogP contribution in [-0.4, -0.2) is 48.0 Å². The number of rotatable bonds is 6. The van der Waals surface area contributed by atoms with Crippen LogP contribution >= 0.6 is 12.6 Å². The molecule has 0 fully saturated rings. The van der Waals surface area contributed by atoms with Gasteiger partial charge in [0.1, 0.15) is 11.6 Å². The summed E-state index contributed by atoms with van der Waals surface area (Å²) in [7, 11) is 5.85. The van der Waals surface area contributed by atoms with Gasteiger partial charge in [0, 0.05) is 25.6 Å². The lowest BCUT2D eigenvalue weighted by Crippen LogP contribution is -2.19. The molecule has 0 unspecified atom stereocenters. The van der Waals surface area contributed by atoms with Gasteiger partial charge in [-0.05, 0) is 32.0 Å². The molecule has 1 aromatic heterocycles. The molecule has 0 N–H and O–H groups in total. The Kier molecular flexibility index (Phi) is 4.71. The fraction of sp³-hybridized carbons (Fsp3) is 0.500. The van der Waals surface area contributed by atoms with Crippen LogP contribution in [0.2, 0.25) is 0 Å². The third kappa shape index (κ3) is 3.22. The van der Waals surface area contributed by atoms with Crippen LogP contribution in [0.15, 0.2) is 18.2 Å². The lowest BCUT2D eigenvalue weighted by atomic mass is 10.3. The van der Waals surface area contributed by atoms with Crippen LogP contribution < -0.4 is 4.74 Å². The molecule has 0 bridgehead atoms. The predicted molar refractivity (Wildman–Crippen MR) is 82.4 cm³/mol. The number of methoxy groups -OCH3 is 1. The Morgan fingerprint density at radius 2 is 2.16 bits per heavy atom. The summed E-state index contributed by atoms with van der Waals surface area (Å²) in [5.74, 6) is 2.75. The molecule has 2 rings (SSSR count). The first-order valence-corrected chi connectivity index (χ1v) is 7.07. The predicted octanol–water partition coefficient (Wildman–Crippen LogP) is 2.08. The smallest absolute Gasteiger partial charge is 0.121 e. The Labute approximate surface area is 119 Å². The molecular formula is C14H21N3OS. The van der Waals surface area contributed by atoms with E-state index in [1.54, 1.807) is 7.11 Å². The van der Waals surface area contributed by atoms with Gasteiger partial charge < -0.3 is 14.2 Å². The average Bonchev–Trinajstić information content (AvgIpc) is 2.73. The minimum Gasteiger partial charge on any atom is -0.497 e. The van der Waals surface area contributed by atoms with Gasteiger partial charge in [0.05, 0.1) is 18.1 Å². The number of nitrogens with zero attached hydrogens (tertiary/aromatic N) is 3. The van der Waals surface area contributed by atoms with Gasteiger partial charge in [-0.15, -0.1) is 0 Å². The van der Waals surface area contributed by atoms with E-state index in [1.165, 1.54) is 5.52 Å². The van der Waals surface area contributed by atoms with Crippen molar-refractivity contribution in [2.24, 2.45) is 0 Å². The van der Waals surface area contributed by atoms with Crippen molar-refractivity contribution >= 4 is 23.7 Å². The van der Waals surface area contributed by atoms with Crippen LogP contribution in [-0.2, 0) is 13.0 Å². The maximum absolute atomic E-state index is 5.26. The number of hydrogen-bond donors (Lipinski definition) is 1. The van der Waals surface area contributed by atoms with Crippen LogP contribution in [0.5, 0.6) is 5.75 Å². The zero-order valence-corrected chi connectivity index (χ0v) is 12.7. The molecule has 5 heteroatoms. The number of hydrogen-bond acceptors (Lipinski definition) is 4. The molecular weight excluding hydrogens is 258 g/mol. The summed E-state index contributed by atoms with van der Waals surface area (Å²) in [6.07, 6.45) is 0.882. The molecule has 0 aliphatic heterocycles. The Morgan fingerprint density at radius 1 is 1.37 bits per heavy atom. The highest BCUT2D eigenvalue weighted by Crippen LogP contribution is 2.22. The van der Waals surface area contributed by atoms with Crippen molar-refractivity contribution in [2.45, 2.75) is 13.0 Å². The van der Waals surface area contributed by atoms with Crippen LogP contribution in [0, 0.1) is 0 Å². The Hall–Kier alpha value is -1.20. The lowest BCUT2D eigenvalue weighted by molar-refractivity contribution is 0.383. The van der Waals surface area contributed by atoms with Crippen LogP contribution in [0.4, 0.5) is 0 Å². The molecule has 0 radical (unpaired) electrons. The monoisotopic (exact) mass is 279 g/mol. The molecule has 4 nitrogen and oxygen atoms in total. The summed E-state index contributed by atoms with van der Waals surface area (Å²) in [5, 5.41) is 0. The lowest BCUT2D eigenvalue weighted by Gasteiger charge is -2.13. The van der Waals surface area contributed by atoms with Crippen molar-refractivity contribution in [3.63, 3.8) is 0 Å². The number of fused-ring (bicyclic) bond motifs is 1. The minimum atomic E-state index is 0.808. The summed E-state index contributed by atoms with van der Waals surface area (Å²) in [6, 6.07) is 6.06. The van der Waals surface area contributed by atoms with Crippen molar-refractivity contribution in [1.82, 2.24) is 14.5 Å². The molecule has 0 aliphatic rings. The second-order valence-electron chi connectivity index (χ2n) is 4.81. The van der Waals surface area contributed by atoms with Crippen molar-refractivity contribution in [2.75, 3.05) is 33.5 Å². The van der Waals surface area contributed by atoms with Gasteiger partial charge in [0.2, 0.25) is 0 Å². The van der Waals surface area contributed by atoms with E-state index < -0.39 is 0 Å². The van der Waals surface area contributed by atoms with E-state index in [0.29, 0.717) is 0 Å². The molecule has 0 amide bonds. The zero-order valence-electron chi connectivity index (χ0n) is 11.8. The summed E-state index contributed by atoms with van der Waals surface area (Å²) in [4.78, 5) is 6.88. The molecule has 2 aromatic rings. The van der Waals surface area contributed by atoms with Gasteiger partial charge in [-0.25, -0.2) is 4.98 Å². The number of likely N-dealkylation sites (N-methyl/N-ethyl adjacent to an activating group) is 1. The first-order valence-electron chi connectivity index (χ1n) is 6.44. The maximum atomic E-state index is 5.26. The van der Waals surface area contributed by atoms with Gasteiger partial charge >= 0.3 is 0 Å². The van der Waals surface area contributed by atoms with Crippen LogP contribution in [0.1, 0.15) is 5.82 Å². The largest absolute Gasteiger partial charge is 0.497 e. The van der Waals surface area contributed by atoms with E-state index >= 15 is 0 Å². The van der Waals surface area contributed by atoms with Crippen molar-refractivity contribution in [3.8, 4) is 5.75 Å². The number of benzene rings is 1. The number of imidazole rings is 1. The summed E-state index contributed by atoms with van der Waals surface area (Å²) < 4.78 is 7.54. The van der Waals surface area contributed by atoms with Crippen LogP contribution in [0.3, 0.4) is 0 Å². The highest BCUT2D eigenvalue weighted by molar-refractivity contribution is 7.80. The SMILES string of the molecule is COc1ccc2c(c1)nc(CCS)n2CCN(C)C. The van der Waals surface area contributed by atoms with Gasteiger partial charge in [-0.3, -0.25) is 0 Å². The average molecular weight is 279 g/mol. The third-order valence-electron chi connectivity index (χ3n) is 3.14. The second kappa shape index (κ2) is 6.30. The summed E-state index contributed by atoms with van der Waals surface area (Å²) in [5.41, 5.74) is 2.16. The van der Waals surface area contributed by atoms with Crippen molar-refractivity contribution < 1.29 is 4.74 Å². The van der Waals surface area contributed by atoms with Gasteiger partial charge in [0.15, 0.2) is 0 Å². The molecule has 1 aromatic carbocycles. The number of thiol groups is 1. The van der Waals surface area contributed by atoms with E-state index in [2.05, 4.69) is 42.3 Å². The van der Waals surface area contributed by atoms with Crippen LogP contribution in [0.25, 0.3) is 11.0 Å². The molecule has 104 valence electrons. The van der Waals surface area contributed by atoms with E-state index in [0.717, 1.165) is 42.4 Å². The molecule has 0 aliphatic carbocycles. The highest BCUT2D eigenvalue weighted by Gasteiger charge is 2.11. The van der Waals surface area contributed by atoms with Crippen molar-refractivity contribution in [1.29, 1.82) is 0 Å². The molecule has 1 heterocycles. The fourth-order valence-corrected chi connectivity index (χ4v) is 2.33. The van der Waals surface area contributed by atoms with E-state index in [-0.39, 0.29) is 0 Å². The summed E-state index contributed by atoms with van der Waals surface area (Å²) in [6.45, 7) is 1.94. The normalized spacial score (nSPS) is 11.4. The van der Waals surface area contributed by atoms with E-state index in [9.17, 15) is 0 Å². The molecule has 0 saturated heterocycles. The summed E-state index contributed by atoms with van der Waals surface area (Å²) >= 11 is 4.32. The Balaban J connectivity index is 2.41. The van der Waals surface area contributed by atoms with Gasteiger partial charge in [0.25, 0.3) is 0 Å². The fourth-order valence-electron chi connectivity index (χ4n) is 2.13. The highest BCUT2D eigenvalue weighted by atomic mass is 32.1. The van der Waals surface area contributed by atoms with Gasteiger partial charge in [-0.1, -0.05) is 0 Å². The minimum absolute atomic E-state index is 0.808. The second-order valence-corrected chi connectivity index (χ2v) is 5.26. The number of aryl methyl sites for hydroxylation is 1. The molecule has 0 atom stereocenters. The standard InChI is InChI=1S/C14H21N3OS/c1-16(2)7-8-17-13-5-4-11(18-3)10-12(13)15-14(17)6-9-19/h4-5,10,19H,6-9H2,1-3H3. The first kappa shape index (κ1) is 14.2. The zero-order chi connectivity index (χ0) is 13.8. The third-order valence-corrected chi connectivity index (χ3v) is 3.36. The number of ether oxygens (including phenoxy) is 1. The molecule has 19 heavy (non-hydrogen) atoms. The van der Waals surface area contributed by atoms with Gasteiger partial charge in [-0.2, -0.15) is 12.6 Å². The Morgan fingerprint density at radius 3 is 2.79 bits per heavy atom. The first-order chi connectivity index (χ1) is 9.15. The quantitative estimate of drug-likeness (QED) is 0.821.